The lowest BCUT2D eigenvalue weighted by Gasteiger charge is -2.09. The van der Waals surface area contributed by atoms with Crippen molar-refractivity contribution in [3.05, 3.63) is 65.6 Å². The van der Waals surface area contributed by atoms with Gasteiger partial charge >= 0.3 is 0 Å². The van der Waals surface area contributed by atoms with Gasteiger partial charge in [-0.25, -0.2) is 4.68 Å². The molecule has 5 nitrogen and oxygen atoms in total. The molecule has 0 unspecified atom stereocenters. The second-order valence-electron chi connectivity index (χ2n) is 7.27. The molecule has 0 radical (unpaired) electrons. The number of hydrogen-bond donors (Lipinski definition) is 1. The number of rotatable bonds is 5. The summed E-state index contributed by atoms with van der Waals surface area (Å²) >= 11 is 0. The van der Waals surface area contributed by atoms with Crippen molar-refractivity contribution in [2.75, 3.05) is 0 Å². The zero-order valence-corrected chi connectivity index (χ0v) is 15.7. The summed E-state index contributed by atoms with van der Waals surface area (Å²) in [6.45, 7) is 0. The maximum Gasteiger partial charge on any atom is 0.250 e. The minimum atomic E-state index is -0.464. The Morgan fingerprint density at radius 2 is 1.74 bits per heavy atom. The molecule has 2 N–H and O–H groups in total. The molecule has 2 heterocycles. The van der Waals surface area contributed by atoms with E-state index in [1.165, 1.54) is 37.1 Å². The Morgan fingerprint density at radius 3 is 2.37 bits per heavy atom. The van der Waals surface area contributed by atoms with E-state index in [-0.39, 0.29) is 12.4 Å². The van der Waals surface area contributed by atoms with Gasteiger partial charge in [-0.3, -0.25) is 9.78 Å². The van der Waals surface area contributed by atoms with Crippen LogP contribution in [0, 0.1) is 0 Å². The van der Waals surface area contributed by atoms with Gasteiger partial charge in [0.2, 0.25) is 0 Å². The van der Waals surface area contributed by atoms with E-state index >= 15 is 0 Å². The number of halogens is 1. The van der Waals surface area contributed by atoms with E-state index in [0.29, 0.717) is 23.1 Å². The van der Waals surface area contributed by atoms with Gasteiger partial charge in [0.25, 0.3) is 5.91 Å². The summed E-state index contributed by atoms with van der Waals surface area (Å²) in [6, 6.07) is 13.8. The molecular weight excluding hydrogens is 360 g/mol. The number of amides is 1. The smallest absolute Gasteiger partial charge is 0.250 e. The molecule has 2 fully saturated rings. The number of hydrogen-bond acceptors (Lipinski definition) is 3. The van der Waals surface area contributed by atoms with Crippen LogP contribution in [0.25, 0.3) is 16.9 Å². The van der Waals surface area contributed by atoms with E-state index in [1.54, 1.807) is 18.3 Å². The molecule has 2 aliphatic carbocycles. The lowest BCUT2D eigenvalue weighted by molar-refractivity contribution is 0.100. The van der Waals surface area contributed by atoms with Gasteiger partial charge in [0.05, 0.1) is 22.6 Å². The van der Waals surface area contributed by atoms with Crippen molar-refractivity contribution in [3.63, 3.8) is 0 Å². The zero-order valence-electron chi connectivity index (χ0n) is 14.8. The van der Waals surface area contributed by atoms with Crippen LogP contribution in [0.3, 0.4) is 0 Å². The van der Waals surface area contributed by atoms with E-state index in [1.807, 2.05) is 24.3 Å². The van der Waals surface area contributed by atoms with Gasteiger partial charge in [-0.05, 0) is 56.0 Å². The molecule has 0 aliphatic heterocycles. The van der Waals surface area contributed by atoms with Crippen molar-refractivity contribution in [1.29, 1.82) is 0 Å². The fourth-order valence-corrected chi connectivity index (χ4v) is 3.46. The van der Waals surface area contributed by atoms with Crippen LogP contribution < -0.4 is 5.73 Å². The molecule has 6 heteroatoms. The lowest BCUT2D eigenvalue weighted by Crippen LogP contribution is -2.13. The topological polar surface area (TPSA) is 73.8 Å². The highest BCUT2D eigenvalue weighted by Gasteiger charge is 2.32. The van der Waals surface area contributed by atoms with Crippen LogP contribution in [-0.2, 0) is 0 Å². The van der Waals surface area contributed by atoms with Crippen molar-refractivity contribution in [1.82, 2.24) is 14.8 Å². The third-order valence-electron chi connectivity index (χ3n) is 5.21. The van der Waals surface area contributed by atoms with Crippen LogP contribution in [0.1, 0.15) is 59.3 Å². The Bertz CT molecular complexity index is 988. The molecule has 0 bridgehead atoms. The largest absolute Gasteiger partial charge is 0.366 e. The summed E-state index contributed by atoms with van der Waals surface area (Å²) in [5.74, 6) is 0.834. The van der Waals surface area contributed by atoms with Crippen molar-refractivity contribution in [2.24, 2.45) is 5.73 Å². The highest BCUT2D eigenvalue weighted by molar-refractivity contribution is 5.98. The predicted molar refractivity (Wildman–Crippen MR) is 107 cm³/mol. The Morgan fingerprint density at radius 1 is 1.04 bits per heavy atom. The summed E-state index contributed by atoms with van der Waals surface area (Å²) in [5, 5.41) is 4.88. The van der Waals surface area contributed by atoms with Gasteiger partial charge in [0, 0.05) is 29.3 Å². The van der Waals surface area contributed by atoms with E-state index in [2.05, 4.69) is 15.7 Å². The number of aromatic nitrogens is 3. The third-order valence-corrected chi connectivity index (χ3v) is 5.21. The monoisotopic (exact) mass is 380 g/mol. The average molecular weight is 381 g/mol. The fraction of sp³-hybridized carbons (Fsp3) is 0.286. The highest BCUT2D eigenvalue weighted by Crippen LogP contribution is 2.45. The average Bonchev–Trinajstić information content (AvgIpc) is 3.60. The molecule has 138 valence electrons. The fourth-order valence-electron chi connectivity index (χ4n) is 3.46. The lowest BCUT2D eigenvalue weighted by atomic mass is 10.1. The third kappa shape index (κ3) is 3.35. The van der Waals surface area contributed by atoms with Gasteiger partial charge in [-0.2, -0.15) is 5.10 Å². The summed E-state index contributed by atoms with van der Waals surface area (Å²) in [6.07, 6.45) is 6.70. The van der Waals surface area contributed by atoms with Gasteiger partial charge in [0.15, 0.2) is 0 Å². The molecule has 0 spiro atoms. The SMILES string of the molecule is Cl.NC(=O)c1cccnc1-c1ccc(-n2nc(C3CC3)cc2C2CC2)cc1. The van der Waals surface area contributed by atoms with Crippen LogP contribution in [0.4, 0.5) is 0 Å². The second-order valence-corrected chi connectivity index (χ2v) is 7.27. The van der Waals surface area contributed by atoms with E-state index in [0.717, 1.165) is 11.3 Å². The van der Waals surface area contributed by atoms with E-state index in [9.17, 15) is 4.79 Å². The van der Waals surface area contributed by atoms with Gasteiger partial charge < -0.3 is 5.73 Å². The number of carbonyl (C=O) groups is 1. The van der Waals surface area contributed by atoms with Crippen molar-refractivity contribution in [3.8, 4) is 16.9 Å². The Balaban J connectivity index is 0.00000180. The number of nitrogens with two attached hydrogens (primary N) is 1. The zero-order chi connectivity index (χ0) is 17.7. The first kappa shape index (κ1) is 17.7. The number of carbonyl (C=O) groups excluding carboxylic acids is 1. The van der Waals surface area contributed by atoms with Crippen molar-refractivity contribution >= 4 is 18.3 Å². The highest BCUT2D eigenvalue weighted by atomic mass is 35.5. The summed E-state index contributed by atoms with van der Waals surface area (Å²) in [7, 11) is 0. The van der Waals surface area contributed by atoms with Crippen LogP contribution in [0.5, 0.6) is 0 Å². The molecule has 0 atom stereocenters. The molecule has 3 aromatic rings. The van der Waals surface area contributed by atoms with Crippen LogP contribution in [0.2, 0.25) is 0 Å². The minimum absolute atomic E-state index is 0. The Labute approximate surface area is 164 Å². The molecule has 0 saturated heterocycles. The van der Waals surface area contributed by atoms with Crippen LogP contribution in [0.15, 0.2) is 48.7 Å². The number of pyridine rings is 1. The second kappa shape index (κ2) is 6.82. The van der Waals surface area contributed by atoms with E-state index in [4.69, 9.17) is 10.8 Å². The molecular formula is C21H21ClN4O. The van der Waals surface area contributed by atoms with E-state index < -0.39 is 5.91 Å². The molecule has 1 aromatic carbocycles. The first-order chi connectivity index (χ1) is 12.7. The number of nitrogens with zero attached hydrogens (tertiary/aromatic N) is 3. The predicted octanol–water partition coefficient (Wildman–Crippen LogP) is 4.21. The molecule has 1 amide bonds. The number of benzene rings is 1. The normalized spacial score (nSPS) is 16.0. The molecule has 2 aromatic heterocycles. The maximum atomic E-state index is 11.7. The Hall–Kier alpha value is -2.66. The molecule has 2 aliphatic rings. The summed E-state index contributed by atoms with van der Waals surface area (Å²) in [4.78, 5) is 16.0. The number of primary amides is 1. The molecule has 2 saturated carbocycles. The summed E-state index contributed by atoms with van der Waals surface area (Å²) in [5.41, 5.74) is 11.0. The standard InChI is InChI=1S/C21H20N4O.ClH/c22-21(26)17-2-1-11-23-20(17)15-7-9-16(10-8-15)25-19(14-5-6-14)12-18(24-25)13-3-4-13;/h1-2,7-14H,3-6H2,(H2,22,26);1H. The minimum Gasteiger partial charge on any atom is -0.366 e. The summed E-state index contributed by atoms with van der Waals surface area (Å²) < 4.78 is 2.10. The first-order valence-corrected chi connectivity index (χ1v) is 9.16. The molecule has 5 rings (SSSR count). The quantitative estimate of drug-likeness (QED) is 0.720. The Kier molecular flexibility index (Phi) is 4.48. The van der Waals surface area contributed by atoms with Crippen LogP contribution in [-0.4, -0.2) is 20.7 Å². The molecule has 27 heavy (non-hydrogen) atoms. The van der Waals surface area contributed by atoms with Gasteiger partial charge in [-0.1, -0.05) is 12.1 Å². The van der Waals surface area contributed by atoms with Crippen LogP contribution >= 0.6 is 12.4 Å². The maximum absolute atomic E-state index is 11.7. The van der Waals surface area contributed by atoms with Gasteiger partial charge in [0.1, 0.15) is 0 Å². The van der Waals surface area contributed by atoms with Gasteiger partial charge in [-0.15, -0.1) is 12.4 Å². The first-order valence-electron chi connectivity index (χ1n) is 9.16. The van der Waals surface area contributed by atoms with Crippen molar-refractivity contribution < 1.29 is 4.79 Å². The van der Waals surface area contributed by atoms with Crippen molar-refractivity contribution in [2.45, 2.75) is 37.5 Å².